The van der Waals surface area contributed by atoms with Gasteiger partial charge in [0.2, 0.25) is 0 Å². The van der Waals surface area contributed by atoms with Gasteiger partial charge in [-0.15, -0.1) is 0 Å². The minimum absolute atomic E-state index is 0.0862. The molecule has 0 aliphatic heterocycles. The fraction of sp³-hybridized carbons (Fsp3) is 0.828. The minimum Gasteiger partial charge on any atom is -0.462 e. The lowest BCUT2D eigenvalue weighted by Crippen LogP contribution is -2.30. The van der Waals surface area contributed by atoms with Crippen LogP contribution in [-0.2, 0) is 28.6 Å². The van der Waals surface area contributed by atoms with Crippen LogP contribution in [0.15, 0.2) is 48.6 Å². The summed E-state index contributed by atoms with van der Waals surface area (Å²) in [4.78, 5) is 38.0. The van der Waals surface area contributed by atoms with E-state index in [1.807, 2.05) is 0 Å². The van der Waals surface area contributed by atoms with Gasteiger partial charge in [0, 0.05) is 19.3 Å². The Labute approximate surface area is 435 Å². The van der Waals surface area contributed by atoms with Crippen molar-refractivity contribution in [1.82, 2.24) is 0 Å². The zero-order valence-corrected chi connectivity index (χ0v) is 46.8. The van der Waals surface area contributed by atoms with Crippen LogP contribution in [0.1, 0.15) is 323 Å². The third-order valence-corrected chi connectivity index (χ3v) is 13.6. The van der Waals surface area contributed by atoms with Crippen molar-refractivity contribution in [1.29, 1.82) is 0 Å². The summed E-state index contributed by atoms with van der Waals surface area (Å²) in [5.74, 6) is -0.919. The highest BCUT2D eigenvalue weighted by Crippen LogP contribution is 2.18. The number of carbonyl (C=O) groups excluding carboxylic acids is 3. The van der Waals surface area contributed by atoms with Gasteiger partial charge in [-0.25, -0.2) is 0 Å². The van der Waals surface area contributed by atoms with Gasteiger partial charge < -0.3 is 14.2 Å². The number of rotatable bonds is 56. The third-order valence-electron chi connectivity index (χ3n) is 13.6. The molecule has 0 aliphatic carbocycles. The van der Waals surface area contributed by atoms with Gasteiger partial charge in [-0.2, -0.15) is 0 Å². The van der Waals surface area contributed by atoms with Crippen LogP contribution in [0, 0.1) is 0 Å². The molecule has 0 aliphatic rings. The average molecular weight is 982 g/mol. The first-order valence-electron chi connectivity index (χ1n) is 30.6. The molecule has 0 saturated heterocycles. The van der Waals surface area contributed by atoms with Crippen LogP contribution < -0.4 is 0 Å². The van der Waals surface area contributed by atoms with Crippen LogP contribution in [0.3, 0.4) is 0 Å². The molecule has 0 fully saturated rings. The Balaban J connectivity index is 4.07. The summed E-state index contributed by atoms with van der Waals surface area (Å²) in [5.41, 5.74) is 0. The lowest BCUT2D eigenvalue weighted by atomic mass is 10.0. The molecular formula is C64H116O6. The fourth-order valence-corrected chi connectivity index (χ4v) is 9.02. The van der Waals surface area contributed by atoms with Gasteiger partial charge in [-0.3, -0.25) is 14.4 Å². The van der Waals surface area contributed by atoms with Crippen molar-refractivity contribution in [3.8, 4) is 0 Å². The van der Waals surface area contributed by atoms with Crippen molar-refractivity contribution in [2.75, 3.05) is 13.2 Å². The maximum Gasteiger partial charge on any atom is 0.306 e. The predicted octanol–water partition coefficient (Wildman–Crippen LogP) is 20.6. The Kier molecular flexibility index (Phi) is 56.7. The molecule has 0 saturated carbocycles. The van der Waals surface area contributed by atoms with E-state index >= 15 is 0 Å². The largest absolute Gasteiger partial charge is 0.462 e. The van der Waals surface area contributed by atoms with Crippen LogP contribution in [0.4, 0.5) is 0 Å². The highest BCUT2D eigenvalue weighted by molar-refractivity contribution is 5.71. The average Bonchev–Trinajstić information content (AvgIpc) is 3.36. The zero-order chi connectivity index (χ0) is 50.7. The second-order valence-electron chi connectivity index (χ2n) is 20.6. The number of ether oxygens (including phenoxy) is 3. The molecule has 1 unspecified atom stereocenters. The smallest absolute Gasteiger partial charge is 0.306 e. The standard InChI is InChI=1S/C64H116O6/c1-4-7-10-13-16-19-21-23-25-26-27-28-29-30-31-32-33-34-35-36-37-38-40-41-43-45-48-51-54-57-63(66)69-60-61(59-68-62(65)56-53-50-47-18-15-12-9-6-3)70-64(67)58-55-52-49-46-44-42-39-24-22-20-17-14-11-8-5-2/h8,11,17,20,24,39,44,46,61H,4-7,9-10,12-16,18-19,21-23,25-38,40-43,45,47-60H2,1-3H3/b11-8-,20-17-,39-24-,46-44-. The summed E-state index contributed by atoms with van der Waals surface area (Å²) >= 11 is 0. The number of hydrogen-bond donors (Lipinski definition) is 0. The van der Waals surface area contributed by atoms with Crippen LogP contribution in [0.5, 0.6) is 0 Å². The van der Waals surface area contributed by atoms with Gasteiger partial charge in [0.05, 0.1) is 0 Å². The van der Waals surface area contributed by atoms with Gasteiger partial charge in [0.1, 0.15) is 13.2 Å². The molecule has 0 aromatic heterocycles. The first-order chi connectivity index (χ1) is 34.5. The molecule has 0 N–H and O–H groups in total. The normalized spacial score (nSPS) is 12.3. The SMILES string of the molecule is CC/C=C\C/C=C\C/C=C\C/C=C\CCCCC(=O)OC(COC(=O)CCCCCCCCCC)COC(=O)CCCCCCCCCCCCCCCCCCCCCCCCCCCCCCC. The molecule has 408 valence electrons. The van der Waals surface area contributed by atoms with E-state index in [0.717, 1.165) is 77.0 Å². The van der Waals surface area contributed by atoms with Crippen LogP contribution in [0.2, 0.25) is 0 Å². The Morgan fingerprint density at radius 1 is 0.300 bits per heavy atom. The van der Waals surface area contributed by atoms with Gasteiger partial charge in [0.25, 0.3) is 0 Å². The lowest BCUT2D eigenvalue weighted by molar-refractivity contribution is -0.167. The molecule has 6 heteroatoms. The maximum absolute atomic E-state index is 12.8. The van der Waals surface area contributed by atoms with E-state index < -0.39 is 6.10 Å². The number of allylic oxidation sites excluding steroid dienone is 8. The molecule has 0 rings (SSSR count). The van der Waals surface area contributed by atoms with E-state index in [-0.39, 0.29) is 37.5 Å². The molecular weight excluding hydrogens is 865 g/mol. The van der Waals surface area contributed by atoms with Gasteiger partial charge in [0.15, 0.2) is 6.10 Å². The summed E-state index contributed by atoms with van der Waals surface area (Å²) in [6.45, 7) is 6.50. The second-order valence-corrected chi connectivity index (χ2v) is 20.6. The van der Waals surface area contributed by atoms with Crippen molar-refractivity contribution in [3.63, 3.8) is 0 Å². The monoisotopic (exact) mass is 981 g/mol. The molecule has 0 aromatic rings. The number of esters is 3. The first-order valence-corrected chi connectivity index (χ1v) is 30.6. The maximum atomic E-state index is 12.8. The Morgan fingerprint density at radius 3 is 0.871 bits per heavy atom. The number of carbonyl (C=O) groups is 3. The molecule has 1 atom stereocenters. The van der Waals surface area contributed by atoms with Crippen LogP contribution >= 0.6 is 0 Å². The quantitative estimate of drug-likeness (QED) is 0.0261. The van der Waals surface area contributed by atoms with Crippen molar-refractivity contribution < 1.29 is 28.6 Å². The van der Waals surface area contributed by atoms with Crippen LogP contribution in [-0.4, -0.2) is 37.2 Å². The first kappa shape index (κ1) is 67.4. The Hall–Kier alpha value is -2.63. The Bertz CT molecular complexity index is 1220. The summed E-state index contributed by atoms with van der Waals surface area (Å²) in [5, 5.41) is 0. The zero-order valence-electron chi connectivity index (χ0n) is 46.8. The van der Waals surface area contributed by atoms with Crippen molar-refractivity contribution in [2.24, 2.45) is 0 Å². The Morgan fingerprint density at radius 2 is 0.557 bits per heavy atom. The molecule has 0 amide bonds. The molecule has 6 nitrogen and oxygen atoms in total. The fourth-order valence-electron chi connectivity index (χ4n) is 9.02. The highest BCUT2D eigenvalue weighted by Gasteiger charge is 2.19. The third kappa shape index (κ3) is 56.3. The number of hydrogen-bond acceptors (Lipinski definition) is 6. The van der Waals surface area contributed by atoms with E-state index in [4.69, 9.17) is 14.2 Å². The van der Waals surface area contributed by atoms with E-state index in [2.05, 4.69) is 69.4 Å². The molecule has 0 radical (unpaired) electrons. The van der Waals surface area contributed by atoms with E-state index in [0.29, 0.717) is 19.3 Å². The highest BCUT2D eigenvalue weighted by atomic mass is 16.6. The molecule has 0 heterocycles. The van der Waals surface area contributed by atoms with E-state index in [1.54, 1.807) is 0 Å². The predicted molar refractivity (Wildman–Crippen MR) is 302 cm³/mol. The minimum atomic E-state index is -0.790. The summed E-state index contributed by atoms with van der Waals surface area (Å²) in [7, 11) is 0. The molecule has 0 bridgehead atoms. The lowest BCUT2D eigenvalue weighted by Gasteiger charge is -2.18. The van der Waals surface area contributed by atoms with Crippen molar-refractivity contribution in [3.05, 3.63) is 48.6 Å². The van der Waals surface area contributed by atoms with Crippen molar-refractivity contribution >= 4 is 17.9 Å². The topological polar surface area (TPSA) is 78.9 Å². The van der Waals surface area contributed by atoms with Crippen molar-refractivity contribution in [2.45, 2.75) is 329 Å². The van der Waals surface area contributed by atoms with Gasteiger partial charge >= 0.3 is 17.9 Å². The second kappa shape index (κ2) is 58.9. The van der Waals surface area contributed by atoms with E-state index in [9.17, 15) is 14.4 Å². The summed E-state index contributed by atoms with van der Waals surface area (Å²) in [6.07, 6.45) is 73.0. The molecule has 0 aromatic carbocycles. The summed E-state index contributed by atoms with van der Waals surface area (Å²) < 4.78 is 16.8. The van der Waals surface area contributed by atoms with Gasteiger partial charge in [-0.1, -0.05) is 294 Å². The molecule has 0 spiro atoms. The van der Waals surface area contributed by atoms with E-state index in [1.165, 1.54) is 199 Å². The summed E-state index contributed by atoms with van der Waals surface area (Å²) in [6, 6.07) is 0. The van der Waals surface area contributed by atoms with Gasteiger partial charge in [-0.05, 0) is 57.8 Å². The molecule has 70 heavy (non-hydrogen) atoms. The number of unbranched alkanes of at least 4 members (excludes halogenated alkanes) is 37. The van der Waals surface area contributed by atoms with Crippen LogP contribution in [0.25, 0.3) is 0 Å².